The van der Waals surface area contributed by atoms with Crippen LogP contribution in [0.3, 0.4) is 0 Å². The molecule has 1 aromatic rings. The van der Waals surface area contributed by atoms with Crippen LogP contribution in [0.4, 0.5) is 0 Å². The Bertz CT molecular complexity index is 503. The highest BCUT2D eigenvalue weighted by molar-refractivity contribution is 5.75. The van der Waals surface area contributed by atoms with Gasteiger partial charge in [-0.2, -0.15) is 0 Å². The molecule has 0 saturated heterocycles. The van der Waals surface area contributed by atoms with Crippen molar-refractivity contribution in [2.45, 2.75) is 19.3 Å². The molecule has 2 unspecified atom stereocenters. The van der Waals surface area contributed by atoms with E-state index in [9.17, 15) is 4.79 Å². The Hall–Kier alpha value is -1.43. The Morgan fingerprint density at radius 3 is 2.08 bits per heavy atom. The SMILES string of the molecule is CN(C)CCCC(CC(CN(C)C)C(=O)Oc1ccccc1)CN(C)C. The molecule has 0 N–H and O–H groups in total. The van der Waals surface area contributed by atoms with Crippen LogP contribution in [0.1, 0.15) is 19.3 Å². The molecule has 0 aliphatic rings. The van der Waals surface area contributed by atoms with Crippen LogP contribution in [0.2, 0.25) is 0 Å². The molecule has 5 heteroatoms. The van der Waals surface area contributed by atoms with E-state index in [1.165, 1.54) is 0 Å². The van der Waals surface area contributed by atoms with Gasteiger partial charge in [0.05, 0.1) is 5.92 Å². The minimum absolute atomic E-state index is 0.116. The van der Waals surface area contributed by atoms with Crippen molar-refractivity contribution in [3.05, 3.63) is 30.3 Å². The molecule has 0 bridgehead atoms. The zero-order valence-electron chi connectivity index (χ0n) is 17.4. The maximum absolute atomic E-state index is 12.8. The lowest BCUT2D eigenvalue weighted by Gasteiger charge is -2.27. The van der Waals surface area contributed by atoms with Crippen molar-refractivity contribution >= 4 is 5.97 Å². The zero-order chi connectivity index (χ0) is 19.5. The van der Waals surface area contributed by atoms with E-state index in [1.807, 2.05) is 44.4 Å². The second kappa shape index (κ2) is 12.0. The van der Waals surface area contributed by atoms with Crippen LogP contribution in [-0.2, 0) is 4.79 Å². The first-order valence-corrected chi connectivity index (χ1v) is 9.48. The first-order chi connectivity index (χ1) is 12.3. The van der Waals surface area contributed by atoms with Crippen LogP contribution in [0.15, 0.2) is 30.3 Å². The van der Waals surface area contributed by atoms with Gasteiger partial charge in [-0.3, -0.25) is 4.79 Å². The summed E-state index contributed by atoms with van der Waals surface area (Å²) in [6, 6.07) is 9.36. The molecule has 148 valence electrons. The first-order valence-electron chi connectivity index (χ1n) is 9.48. The highest BCUT2D eigenvalue weighted by Crippen LogP contribution is 2.22. The van der Waals surface area contributed by atoms with Gasteiger partial charge in [-0.25, -0.2) is 0 Å². The fraction of sp³-hybridized carbons (Fsp3) is 0.667. The summed E-state index contributed by atoms with van der Waals surface area (Å²) in [4.78, 5) is 19.3. The van der Waals surface area contributed by atoms with E-state index in [4.69, 9.17) is 4.74 Å². The van der Waals surface area contributed by atoms with Crippen LogP contribution < -0.4 is 4.74 Å². The van der Waals surface area contributed by atoms with Crippen LogP contribution in [0.5, 0.6) is 5.75 Å². The number of rotatable bonds is 12. The van der Waals surface area contributed by atoms with E-state index in [2.05, 4.69) is 42.9 Å². The molecule has 1 rings (SSSR count). The summed E-state index contributed by atoms with van der Waals surface area (Å²) in [5, 5.41) is 0. The monoisotopic (exact) mass is 363 g/mol. The summed E-state index contributed by atoms with van der Waals surface area (Å²) >= 11 is 0. The fourth-order valence-corrected chi connectivity index (χ4v) is 3.27. The molecule has 26 heavy (non-hydrogen) atoms. The summed E-state index contributed by atoms with van der Waals surface area (Å²) < 4.78 is 5.64. The lowest BCUT2D eigenvalue weighted by molar-refractivity contribution is -0.140. The van der Waals surface area contributed by atoms with Gasteiger partial charge in [0.1, 0.15) is 5.75 Å². The van der Waals surface area contributed by atoms with Gasteiger partial charge in [0, 0.05) is 13.1 Å². The maximum atomic E-state index is 12.8. The van der Waals surface area contributed by atoms with Crippen molar-refractivity contribution < 1.29 is 9.53 Å². The molecular weight excluding hydrogens is 326 g/mol. The van der Waals surface area contributed by atoms with Crippen LogP contribution in [0.25, 0.3) is 0 Å². The summed E-state index contributed by atoms with van der Waals surface area (Å²) in [6.45, 7) is 2.79. The van der Waals surface area contributed by atoms with E-state index in [-0.39, 0.29) is 11.9 Å². The second-order valence-corrected chi connectivity index (χ2v) is 8.00. The third-order valence-corrected chi connectivity index (χ3v) is 4.34. The van der Waals surface area contributed by atoms with Gasteiger partial charge in [0.25, 0.3) is 0 Å². The standard InChI is InChI=1S/C21H37N3O2/c1-22(2)14-10-11-18(16-23(3)4)15-19(17-24(5)6)21(25)26-20-12-8-7-9-13-20/h7-9,12-13,18-19H,10-11,14-17H2,1-6H3. The molecule has 0 radical (unpaired) electrons. The lowest BCUT2D eigenvalue weighted by atomic mass is 9.90. The highest BCUT2D eigenvalue weighted by Gasteiger charge is 2.26. The molecule has 1 aromatic carbocycles. The average molecular weight is 364 g/mol. The van der Waals surface area contributed by atoms with Gasteiger partial charge in [-0.15, -0.1) is 0 Å². The number of ether oxygens (including phenoxy) is 1. The van der Waals surface area contributed by atoms with Gasteiger partial charge in [0.15, 0.2) is 0 Å². The molecule has 5 nitrogen and oxygen atoms in total. The number of esters is 1. The van der Waals surface area contributed by atoms with E-state index in [0.29, 0.717) is 18.2 Å². The Labute approximate surface area is 159 Å². The van der Waals surface area contributed by atoms with Gasteiger partial charge >= 0.3 is 5.97 Å². The lowest BCUT2D eigenvalue weighted by Crippen LogP contribution is -2.34. The Kier molecular flexibility index (Phi) is 10.5. The second-order valence-electron chi connectivity index (χ2n) is 8.00. The van der Waals surface area contributed by atoms with Gasteiger partial charge < -0.3 is 19.4 Å². The third-order valence-electron chi connectivity index (χ3n) is 4.34. The molecule has 0 aromatic heterocycles. The van der Waals surface area contributed by atoms with Crippen LogP contribution in [-0.4, -0.2) is 82.6 Å². The van der Waals surface area contributed by atoms with E-state index in [0.717, 1.165) is 32.4 Å². The Balaban J connectivity index is 2.74. The Morgan fingerprint density at radius 1 is 0.923 bits per heavy atom. The maximum Gasteiger partial charge on any atom is 0.315 e. The van der Waals surface area contributed by atoms with Crippen molar-refractivity contribution in [1.29, 1.82) is 0 Å². The van der Waals surface area contributed by atoms with Crippen molar-refractivity contribution in [3.63, 3.8) is 0 Å². The van der Waals surface area contributed by atoms with E-state index in [1.54, 1.807) is 0 Å². The van der Waals surface area contributed by atoms with Crippen molar-refractivity contribution in [1.82, 2.24) is 14.7 Å². The van der Waals surface area contributed by atoms with Crippen LogP contribution >= 0.6 is 0 Å². The number of carbonyl (C=O) groups is 1. The number of carbonyl (C=O) groups excluding carboxylic acids is 1. The highest BCUT2D eigenvalue weighted by atomic mass is 16.5. The predicted octanol–water partition coefficient (Wildman–Crippen LogP) is 2.68. The molecule has 0 amide bonds. The normalized spacial score (nSPS) is 14.0. The minimum atomic E-state index is -0.124. The molecular formula is C21H37N3O2. The van der Waals surface area contributed by atoms with E-state index < -0.39 is 0 Å². The molecule has 0 heterocycles. The largest absolute Gasteiger partial charge is 0.426 e. The summed E-state index contributed by atoms with van der Waals surface area (Å²) in [7, 11) is 12.4. The topological polar surface area (TPSA) is 36.0 Å². The third kappa shape index (κ3) is 9.90. The minimum Gasteiger partial charge on any atom is -0.426 e. The number of hydrogen-bond acceptors (Lipinski definition) is 5. The quantitative estimate of drug-likeness (QED) is 0.421. The molecule has 0 aliphatic carbocycles. The molecule has 0 aliphatic heterocycles. The predicted molar refractivity (Wildman–Crippen MR) is 109 cm³/mol. The van der Waals surface area contributed by atoms with Crippen molar-refractivity contribution in [2.24, 2.45) is 11.8 Å². The van der Waals surface area contributed by atoms with Gasteiger partial charge in [-0.1, -0.05) is 18.2 Å². The van der Waals surface area contributed by atoms with E-state index >= 15 is 0 Å². The number of nitrogens with zero attached hydrogens (tertiary/aromatic N) is 3. The summed E-state index contributed by atoms with van der Waals surface area (Å²) in [6.07, 6.45) is 3.13. The molecule has 0 fully saturated rings. The fourth-order valence-electron chi connectivity index (χ4n) is 3.27. The summed E-state index contributed by atoms with van der Waals surface area (Å²) in [5.74, 6) is 0.868. The smallest absolute Gasteiger partial charge is 0.315 e. The Morgan fingerprint density at radius 2 is 1.54 bits per heavy atom. The van der Waals surface area contributed by atoms with Gasteiger partial charge in [0.2, 0.25) is 0 Å². The number of benzene rings is 1. The van der Waals surface area contributed by atoms with Crippen molar-refractivity contribution in [3.8, 4) is 5.75 Å². The zero-order valence-corrected chi connectivity index (χ0v) is 17.4. The number of hydrogen-bond donors (Lipinski definition) is 0. The molecule has 0 spiro atoms. The van der Waals surface area contributed by atoms with Crippen molar-refractivity contribution in [2.75, 3.05) is 61.9 Å². The average Bonchev–Trinajstić information content (AvgIpc) is 2.53. The first kappa shape index (κ1) is 22.6. The molecule has 2 atom stereocenters. The van der Waals surface area contributed by atoms with Gasteiger partial charge in [-0.05, 0) is 86.1 Å². The number of para-hydroxylation sites is 1. The molecule has 0 saturated carbocycles. The summed E-state index contributed by atoms with van der Waals surface area (Å²) in [5.41, 5.74) is 0. The van der Waals surface area contributed by atoms with Crippen LogP contribution in [0, 0.1) is 11.8 Å².